The lowest BCUT2D eigenvalue weighted by molar-refractivity contribution is 0.0977. The molecule has 6 nitrogen and oxygen atoms in total. The molecule has 2 aromatic heterocycles. The summed E-state index contributed by atoms with van der Waals surface area (Å²) in [4.78, 5) is 13.4. The van der Waals surface area contributed by atoms with E-state index in [9.17, 15) is 13.6 Å². The molecular formula is C11H11F2N5O. The van der Waals surface area contributed by atoms with Crippen molar-refractivity contribution in [1.29, 1.82) is 0 Å². The van der Waals surface area contributed by atoms with Gasteiger partial charge in [0, 0.05) is 20.3 Å². The Balaban J connectivity index is 2.34. The van der Waals surface area contributed by atoms with Gasteiger partial charge in [0.15, 0.2) is 0 Å². The van der Waals surface area contributed by atoms with Crippen LogP contribution in [-0.4, -0.2) is 32.9 Å². The molecule has 19 heavy (non-hydrogen) atoms. The van der Waals surface area contributed by atoms with Crippen molar-refractivity contribution in [3.63, 3.8) is 0 Å². The van der Waals surface area contributed by atoms with E-state index in [2.05, 4.69) is 15.3 Å². The first kappa shape index (κ1) is 13.1. The van der Waals surface area contributed by atoms with Crippen molar-refractivity contribution in [3.05, 3.63) is 35.9 Å². The molecule has 2 aromatic rings. The van der Waals surface area contributed by atoms with E-state index in [1.54, 1.807) is 6.07 Å². The molecule has 0 saturated carbocycles. The van der Waals surface area contributed by atoms with Gasteiger partial charge >= 0.3 is 0 Å². The number of anilines is 1. The van der Waals surface area contributed by atoms with E-state index in [0.717, 1.165) is 0 Å². The zero-order valence-electron chi connectivity index (χ0n) is 10.3. The van der Waals surface area contributed by atoms with Crippen molar-refractivity contribution in [2.24, 2.45) is 7.05 Å². The fraction of sp³-hybridized carbons (Fsp3) is 0.273. The third kappa shape index (κ3) is 2.56. The normalized spacial score (nSPS) is 10.8. The van der Waals surface area contributed by atoms with Crippen molar-refractivity contribution in [3.8, 4) is 0 Å². The molecule has 0 bridgehead atoms. The van der Waals surface area contributed by atoms with Crippen molar-refractivity contribution in [2.75, 3.05) is 11.9 Å². The summed E-state index contributed by atoms with van der Waals surface area (Å²) in [6, 6.07) is 1.56. The molecule has 0 aliphatic rings. The molecule has 1 amide bonds. The van der Waals surface area contributed by atoms with Gasteiger partial charge < -0.3 is 4.90 Å². The SMILES string of the molecule is CN(C(=O)c1cn(C)nc1C(F)F)c1ccnnc1. The predicted octanol–water partition coefficient (Wildman–Crippen LogP) is 1.42. The van der Waals surface area contributed by atoms with Crippen LogP contribution in [0.4, 0.5) is 14.5 Å². The van der Waals surface area contributed by atoms with Gasteiger partial charge in [-0.05, 0) is 6.07 Å². The third-order valence-electron chi connectivity index (χ3n) is 2.56. The number of aryl methyl sites for hydroxylation is 1. The zero-order chi connectivity index (χ0) is 14.0. The third-order valence-corrected chi connectivity index (χ3v) is 2.56. The Morgan fingerprint density at radius 2 is 2.16 bits per heavy atom. The first-order chi connectivity index (χ1) is 9.00. The van der Waals surface area contributed by atoms with Crippen molar-refractivity contribution < 1.29 is 13.6 Å². The number of rotatable bonds is 3. The predicted molar refractivity (Wildman–Crippen MR) is 62.9 cm³/mol. The summed E-state index contributed by atoms with van der Waals surface area (Å²) in [7, 11) is 2.96. The van der Waals surface area contributed by atoms with E-state index in [-0.39, 0.29) is 5.56 Å². The number of hydrogen-bond acceptors (Lipinski definition) is 4. The van der Waals surface area contributed by atoms with Crippen molar-refractivity contribution in [1.82, 2.24) is 20.0 Å². The van der Waals surface area contributed by atoms with Crippen LogP contribution in [0.1, 0.15) is 22.5 Å². The molecule has 2 rings (SSSR count). The highest BCUT2D eigenvalue weighted by Crippen LogP contribution is 2.23. The van der Waals surface area contributed by atoms with Crippen LogP contribution in [-0.2, 0) is 7.05 Å². The van der Waals surface area contributed by atoms with Crippen LogP contribution < -0.4 is 4.90 Å². The summed E-state index contributed by atoms with van der Waals surface area (Å²) < 4.78 is 26.8. The number of alkyl halides is 2. The van der Waals surface area contributed by atoms with Crippen LogP contribution in [0.2, 0.25) is 0 Å². The maximum atomic E-state index is 12.8. The molecule has 0 fully saturated rings. The number of carbonyl (C=O) groups is 1. The van der Waals surface area contributed by atoms with Crippen LogP contribution in [0.5, 0.6) is 0 Å². The smallest absolute Gasteiger partial charge is 0.282 e. The quantitative estimate of drug-likeness (QED) is 0.843. The number of nitrogens with zero attached hydrogens (tertiary/aromatic N) is 5. The molecule has 0 atom stereocenters. The maximum absolute atomic E-state index is 12.8. The fourth-order valence-electron chi connectivity index (χ4n) is 1.61. The van der Waals surface area contributed by atoms with Gasteiger partial charge in [0.2, 0.25) is 0 Å². The van der Waals surface area contributed by atoms with Gasteiger partial charge in [-0.25, -0.2) is 8.78 Å². The molecule has 0 unspecified atom stereocenters. The second-order valence-corrected chi connectivity index (χ2v) is 3.87. The molecule has 0 N–H and O–H groups in total. The lowest BCUT2D eigenvalue weighted by atomic mass is 10.2. The number of carbonyl (C=O) groups excluding carboxylic acids is 1. The van der Waals surface area contributed by atoms with Crippen molar-refractivity contribution >= 4 is 11.6 Å². The van der Waals surface area contributed by atoms with Crippen LogP contribution in [0.3, 0.4) is 0 Å². The standard InChI is InChI=1S/C11H11F2N5O/c1-17-6-8(9(16-17)10(12)13)11(19)18(2)7-3-4-14-15-5-7/h3-6,10H,1-2H3. The Morgan fingerprint density at radius 3 is 2.74 bits per heavy atom. The van der Waals surface area contributed by atoms with Gasteiger partial charge in [0.05, 0.1) is 23.6 Å². The molecular weight excluding hydrogens is 256 g/mol. The van der Waals surface area contributed by atoms with Gasteiger partial charge in [-0.15, -0.1) is 0 Å². The average molecular weight is 267 g/mol. The second kappa shape index (κ2) is 5.09. The first-order valence-electron chi connectivity index (χ1n) is 5.37. The second-order valence-electron chi connectivity index (χ2n) is 3.87. The Hall–Kier alpha value is -2.38. The fourth-order valence-corrected chi connectivity index (χ4v) is 1.61. The van der Waals surface area contributed by atoms with Crippen LogP contribution in [0.15, 0.2) is 24.7 Å². The summed E-state index contributed by atoms with van der Waals surface area (Å²) in [5.74, 6) is -0.573. The van der Waals surface area contributed by atoms with Gasteiger partial charge in [-0.2, -0.15) is 15.3 Å². The van der Waals surface area contributed by atoms with E-state index in [0.29, 0.717) is 5.69 Å². The number of amides is 1. The van der Waals surface area contributed by atoms with Gasteiger partial charge in [-0.3, -0.25) is 9.48 Å². The number of hydrogen-bond donors (Lipinski definition) is 0. The van der Waals surface area contributed by atoms with Crippen molar-refractivity contribution in [2.45, 2.75) is 6.43 Å². The first-order valence-corrected chi connectivity index (χ1v) is 5.37. The number of halogens is 2. The van der Waals surface area contributed by atoms with Crippen LogP contribution in [0.25, 0.3) is 0 Å². The minimum absolute atomic E-state index is 0.128. The molecule has 0 spiro atoms. The van der Waals surface area contributed by atoms with Gasteiger partial charge in [0.1, 0.15) is 5.69 Å². The largest absolute Gasteiger partial charge is 0.310 e. The van der Waals surface area contributed by atoms with E-state index < -0.39 is 18.0 Å². The molecule has 100 valence electrons. The summed E-state index contributed by atoms with van der Waals surface area (Å²) in [6.07, 6.45) is 1.26. The Morgan fingerprint density at radius 1 is 1.42 bits per heavy atom. The maximum Gasteiger partial charge on any atom is 0.282 e. The van der Waals surface area contributed by atoms with Gasteiger partial charge in [0.25, 0.3) is 12.3 Å². The summed E-state index contributed by atoms with van der Waals surface area (Å²) in [5.41, 5.74) is -0.192. The Bertz CT molecular complexity index is 584. The Labute approximate surface area is 107 Å². The molecule has 0 aromatic carbocycles. The monoisotopic (exact) mass is 267 g/mol. The molecule has 0 aliphatic heterocycles. The Kier molecular flexibility index (Phi) is 3.50. The highest BCUT2D eigenvalue weighted by atomic mass is 19.3. The van der Waals surface area contributed by atoms with E-state index in [1.807, 2.05) is 0 Å². The summed E-state index contributed by atoms with van der Waals surface area (Å²) >= 11 is 0. The molecule has 2 heterocycles. The highest BCUT2D eigenvalue weighted by Gasteiger charge is 2.25. The minimum atomic E-state index is -2.80. The number of aromatic nitrogens is 4. The lowest BCUT2D eigenvalue weighted by Crippen LogP contribution is -2.27. The van der Waals surface area contributed by atoms with Crippen LogP contribution >= 0.6 is 0 Å². The zero-order valence-corrected chi connectivity index (χ0v) is 10.3. The van der Waals surface area contributed by atoms with Gasteiger partial charge in [-0.1, -0.05) is 0 Å². The van der Waals surface area contributed by atoms with E-state index in [1.165, 1.54) is 42.3 Å². The topological polar surface area (TPSA) is 63.9 Å². The average Bonchev–Trinajstić information content (AvgIpc) is 2.80. The van der Waals surface area contributed by atoms with E-state index in [4.69, 9.17) is 0 Å². The minimum Gasteiger partial charge on any atom is -0.310 e. The molecule has 0 radical (unpaired) electrons. The van der Waals surface area contributed by atoms with E-state index >= 15 is 0 Å². The lowest BCUT2D eigenvalue weighted by Gasteiger charge is -2.16. The summed E-state index contributed by atoms with van der Waals surface area (Å²) in [5, 5.41) is 10.8. The molecule has 0 saturated heterocycles. The summed E-state index contributed by atoms with van der Waals surface area (Å²) in [6.45, 7) is 0. The molecule has 0 aliphatic carbocycles. The molecule has 8 heteroatoms. The highest BCUT2D eigenvalue weighted by molar-refractivity contribution is 6.06. The van der Waals surface area contributed by atoms with Crippen LogP contribution in [0, 0.1) is 0 Å².